The highest BCUT2D eigenvalue weighted by Crippen LogP contribution is 2.38. The Morgan fingerprint density at radius 1 is 0.724 bits per heavy atom. The topological polar surface area (TPSA) is 59.1 Å². The van der Waals surface area contributed by atoms with Gasteiger partial charge in [0.25, 0.3) is 5.91 Å². The monoisotopic (exact) mass is 376 g/mol. The SMILES string of the molecule is O=C(Nc1cccnc1-c1ccccc1)c1cccc2c1C(=O)c1ccccc1-2. The fraction of sp³-hybridized carbons (Fsp3) is 0. The van der Waals surface area contributed by atoms with E-state index in [0.717, 1.165) is 16.7 Å². The Morgan fingerprint density at radius 3 is 2.28 bits per heavy atom. The summed E-state index contributed by atoms with van der Waals surface area (Å²) in [6.45, 7) is 0. The van der Waals surface area contributed by atoms with Gasteiger partial charge in [0.05, 0.1) is 16.9 Å². The predicted molar refractivity (Wildman–Crippen MR) is 113 cm³/mol. The molecule has 0 bridgehead atoms. The van der Waals surface area contributed by atoms with Crippen LogP contribution in [0.1, 0.15) is 26.3 Å². The number of nitrogens with one attached hydrogen (secondary N) is 1. The number of amides is 1. The van der Waals surface area contributed by atoms with Crippen LogP contribution in [0.3, 0.4) is 0 Å². The Hall–Kier alpha value is -4.05. The molecular weight excluding hydrogens is 360 g/mol. The van der Waals surface area contributed by atoms with E-state index in [9.17, 15) is 9.59 Å². The van der Waals surface area contributed by atoms with E-state index in [2.05, 4.69) is 10.3 Å². The number of anilines is 1. The van der Waals surface area contributed by atoms with Crippen molar-refractivity contribution in [3.05, 3.63) is 108 Å². The molecule has 1 aliphatic rings. The molecule has 0 atom stereocenters. The molecule has 1 heterocycles. The van der Waals surface area contributed by atoms with Gasteiger partial charge < -0.3 is 5.32 Å². The zero-order valence-electron chi connectivity index (χ0n) is 15.4. The van der Waals surface area contributed by atoms with Gasteiger partial charge in [-0.05, 0) is 29.3 Å². The molecule has 138 valence electrons. The summed E-state index contributed by atoms with van der Waals surface area (Å²) in [5, 5.41) is 2.95. The smallest absolute Gasteiger partial charge is 0.256 e. The van der Waals surface area contributed by atoms with Gasteiger partial charge in [-0.3, -0.25) is 14.6 Å². The standard InChI is InChI=1S/C25H16N2O2/c28-24-19-11-5-4-10-17(19)18-12-6-13-20(22(18)24)25(29)27-21-14-7-15-26-23(21)16-8-2-1-3-9-16/h1-15H,(H,27,29). The first kappa shape index (κ1) is 17.1. The average molecular weight is 376 g/mol. The normalized spacial score (nSPS) is 11.7. The van der Waals surface area contributed by atoms with Crippen LogP contribution in [0.4, 0.5) is 5.69 Å². The van der Waals surface area contributed by atoms with Gasteiger partial charge in [0.1, 0.15) is 0 Å². The zero-order valence-corrected chi connectivity index (χ0v) is 15.4. The number of nitrogens with zero attached hydrogens (tertiary/aromatic N) is 1. The summed E-state index contributed by atoms with van der Waals surface area (Å²) in [7, 11) is 0. The number of pyridine rings is 1. The molecule has 3 aromatic carbocycles. The van der Waals surface area contributed by atoms with Crippen molar-refractivity contribution in [3.63, 3.8) is 0 Å². The van der Waals surface area contributed by atoms with Gasteiger partial charge in [0.15, 0.2) is 5.78 Å². The predicted octanol–water partition coefficient (Wildman–Crippen LogP) is 5.21. The minimum absolute atomic E-state index is 0.115. The molecule has 4 nitrogen and oxygen atoms in total. The number of carbonyl (C=O) groups is 2. The van der Waals surface area contributed by atoms with Gasteiger partial charge in [-0.15, -0.1) is 0 Å². The first-order chi connectivity index (χ1) is 14.2. The van der Waals surface area contributed by atoms with Crippen molar-refractivity contribution >= 4 is 17.4 Å². The average Bonchev–Trinajstić information content (AvgIpc) is 3.07. The molecule has 1 amide bonds. The molecule has 0 unspecified atom stereocenters. The number of benzene rings is 3. The van der Waals surface area contributed by atoms with Crippen molar-refractivity contribution in [2.24, 2.45) is 0 Å². The van der Waals surface area contributed by atoms with Crippen LogP contribution < -0.4 is 5.32 Å². The lowest BCUT2D eigenvalue weighted by molar-refractivity contribution is 0.0999. The van der Waals surface area contributed by atoms with Crippen LogP contribution in [0.5, 0.6) is 0 Å². The molecule has 0 saturated carbocycles. The molecule has 1 N–H and O–H groups in total. The maximum absolute atomic E-state index is 13.2. The number of hydrogen-bond acceptors (Lipinski definition) is 3. The Bertz CT molecular complexity index is 1260. The lowest BCUT2D eigenvalue weighted by Gasteiger charge is -2.12. The molecule has 0 aliphatic heterocycles. The van der Waals surface area contributed by atoms with Crippen LogP contribution in [-0.2, 0) is 0 Å². The zero-order chi connectivity index (χ0) is 19.8. The highest BCUT2D eigenvalue weighted by Gasteiger charge is 2.30. The largest absolute Gasteiger partial charge is 0.320 e. The van der Waals surface area contributed by atoms with Gasteiger partial charge >= 0.3 is 0 Å². The second-order valence-electron chi connectivity index (χ2n) is 6.82. The van der Waals surface area contributed by atoms with Crippen molar-refractivity contribution in [1.82, 2.24) is 4.98 Å². The summed E-state index contributed by atoms with van der Waals surface area (Å²) < 4.78 is 0. The molecule has 0 fully saturated rings. The van der Waals surface area contributed by atoms with Crippen molar-refractivity contribution in [2.75, 3.05) is 5.32 Å². The van der Waals surface area contributed by atoms with E-state index in [0.29, 0.717) is 28.1 Å². The van der Waals surface area contributed by atoms with E-state index in [-0.39, 0.29) is 11.7 Å². The van der Waals surface area contributed by atoms with E-state index in [4.69, 9.17) is 0 Å². The van der Waals surface area contributed by atoms with Crippen molar-refractivity contribution in [1.29, 1.82) is 0 Å². The number of rotatable bonds is 3. The number of fused-ring (bicyclic) bond motifs is 3. The third kappa shape index (κ3) is 2.82. The van der Waals surface area contributed by atoms with Crippen LogP contribution in [0, 0.1) is 0 Å². The molecule has 0 radical (unpaired) electrons. The fourth-order valence-electron chi connectivity index (χ4n) is 3.78. The molecule has 0 saturated heterocycles. The van der Waals surface area contributed by atoms with E-state index in [1.807, 2.05) is 66.7 Å². The Morgan fingerprint density at radius 2 is 1.45 bits per heavy atom. The molecule has 1 aliphatic carbocycles. The summed E-state index contributed by atoms with van der Waals surface area (Å²) >= 11 is 0. The number of hydrogen-bond donors (Lipinski definition) is 1. The van der Waals surface area contributed by atoms with E-state index in [1.165, 1.54) is 0 Å². The van der Waals surface area contributed by atoms with E-state index >= 15 is 0 Å². The third-order valence-corrected chi connectivity index (χ3v) is 5.10. The van der Waals surface area contributed by atoms with Crippen LogP contribution in [0.15, 0.2) is 91.1 Å². The van der Waals surface area contributed by atoms with Crippen LogP contribution >= 0.6 is 0 Å². The van der Waals surface area contributed by atoms with Gasteiger partial charge in [-0.25, -0.2) is 0 Å². The lowest BCUT2D eigenvalue weighted by atomic mass is 10.00. The third-order valence-electron chi connectivity index (χ3n) is 5.10. The van der Waals surface area contributed by atoms with Gasteiger partial charge in [0.2, 0.25) is 0 Å². The molecule has 4 aromatic rings. The summed E-state index contributed by atoms with van der Waals surface area (Å²) in [6, 6.07) is 26.1. The number of carbonyl (C=O) groups excluding carboxylic acids is 2. The van der Waals surface area contributed by atoms with Crippen LogP contribution in [0.2, 0.25) is 0 Å². The molecular formula is C25H16N2O2. The molecule has 0 spiro atoms. The summed E-state index contributed by atoms with van der Waals surface area (Å²) in [4.78, 5) is 30.6. The maximum atomic E-state index is 13.2. The highest BCUT2D eigenvalue weighted by molar-refractivity contribution is 6.26. The first-order valence-electron chi connectivity index (χ1n) is 9.33. The van der Waals surface area contributed by atoms with Crippen molar-refractivity contribution < 1.29 is 9.59 Å². The Kier molecular flexibility index (Phi) is 4.03. The fourth-order valence-corrected chi connectivity index (χ4v) is 3.78. The molecule has 29 heavy (non-hydrogen) atoms. The summed E-state index contributed by atoms with van der Waals surface area (Å²) in [5.41, 5.74) is 5.32. The quantitative estimate of drug-likeness (QED) is 0.470. The maximum Gasteiger partial charge on any atom is 0.256 e. The van der Waals surface area contributed by atoms with E-state index in [1.54, 1.807) is 24.4 Å². The van der Waals surface area contributed by atoms with Gasteiger partial charge in [-0.1, -0.05) is 66.7 Å². The van der Waals surface area contributed by atoms with Gasteiger partial charge in [-0.2, -0.15) is 0 Å². The minimum atomic E-state index is -0.326. The Labute approximate surface area is 167 Å². The Balaban J connectivity index is 1.55. The molecule has 5 rings (SSSR count). The summed E-state index contributed by atoms with van der Waals surface area (Å²) in [5.74, 6) is -0.441. The highest BCUT2D eigenvalue weighted by atomic mass is 16.2. The number of aromatic nitrogens is 1. The first-order valence-corrected chi connectivity index (χ1v) is 9.33. The van der Waals surface area contributed by atoms with Crippen LogP contribution in [-0.4, -0.2) is 16.7 Å². The second kappa shape index (κ2) is 6.84. The lowest BCUT2D eigenvalue weighted by Crippen LogP contribution is -2.16. The summed E-state index contributed by atoms with van der Waals surface area (Å²) in [6.07, 6.45) is 1.69. The molecule has 1 aromatic heterocycles. The van der Waals surface area contributed by atoms with E-state index < -0.39 is 0 Å². The van der Waals surface area contributed by atoms with Crippen molar-refractivity contribution in [3.8, 4) is 22.4 Å². The number of ketones is 1. The minimum Gasteiger partial charge on any atom is -0.320 e. The van der Waals surface area contributed by atoms with Crippen molar-refractivity contribution in [2.45, 2.75) is 0 Å². The van der Waals surface area contributed by atoms with Gasteiger partial charge in [0, 0.05) is 22.9 Å². The molecule has 4 heteroatoms. The second-order valence-corrected chi connectivity index (χ2v) is 6.82. The van der Waals surface area contributed by atoms with Crippen LogP contribution in [0.25, 0.3) is 22.4 Å².